The van der Waals surface area contributed by atoms with Gasteiger partial charge in [0.05, 0.1) is 12.1 Å². The Morgan fingerprint density at radius 1 is 0.816 bits per heavy atom. The number of fused-ring (bicyclic) bond motifs is 1. The van der Waals surface area contributed by atoms with Crippen LogP contribution in [0.15, 0.2) is 133 Å². The molecule has 3 amide bonds. The van der Waals surface area contributed by atoms with Crippen LogP contribution in [0.3, 0.4) is 0 Å². The van der Waals surface area contributed by atoms with Crippen LogP contribution in [0, 0.1) is 5.82 Å². The monoisotopic (exact) mass is 653 g/mol. The minimum atomic E-state index is -1.43. The number of benzene rings is 5. The molecular formula is C39H32FN5O4. The molecule has 49 heavy (non-hydrogen) atoms. The zero-order valence-electron chi connectivity index (χ0n) is 26.3. The van der Waals surface area contributed by atoms with Crippen molar-refractivity contribution < 1.29 is 23.9 Å². The predicted octanol–water partition coefficient (Wildman–Crippen LogP) is 6.49. The summed E-state index contributed by atoms with van der Waals surface area (Å²) in [5, 5.41) is 21.0. The Labute approximate surface area is 281 Å². The van der Waals surface area contributed by atoms with Crippen molar-refractivity contribution in [1.29, 1.82) is 0 Å². The minimum absolute atomic E-state index is 0.102. The summed E-state index contributed by atoms with van der Waals surface area (Å²) in [6.07, 6.45) is -0.626. The molecule has 0 saturated carbocycles. The molecule has 1 aliphatic heterocycles. The fraction of sp³-hybridized carbons (Fsp3) is 0.128. The summed E-state index contributed by atoms with van der Waals surface area (Å²) in [7, 11) is 0. The van der Waals surface area contributed by atoms with E-state index in [0.29, 0.717) is 28.7 Å². The van der Waals surface area contributed by atoms with Gasteiger partial charge in [-0.3, -0.25) is 9.59 Å². The third-order valence-electron chi connectivity index (χ3n) is 9.26. The Morgan fingerprint density at radius 2 is 1.39 bits per heavy atom. The number of halogens is 1. The van der Waals surface area contributed by atoms with Crippen molar-refractivity contribution in [3.63, 3.8) is 0 Å². The average Bonchev–Trinajstić information content (AvgIpc) is 3.74. The molecule has 1 unspecified atom stereocenters. The van der Waals surface area contributed by atoms with Crippen molar-refractivity contribution in [2.24, 2.45) is 0 Å². The van der Waals surface area contributed by atoms with Gasteiger partial charge in [0.2, 0.25) is 6.41 Å². The lowest BCUT2D eigenvalue weighted by atomic mass is 9.77. The van der Waals surface area contributed by atoms with Crippen LogP contribution in [0.2, 0.25) is 0 Å². The van der Waals surface area contributed by atoms with Crippen LogP contribution < -0.4 is 10.6 Å². The quantitative estimate of drug-likeness (QED) is 0.122. The molecule has 0 spiro atoms. The zero-order valence-corrected chi connectivity index (χ0v) is 26.3. The summed E-state index contributed by atoms with van der Waals surface area (Å²) in [5.41, 5.74) is 2.91. The summed E-state index contributed by atoms with van der Waals surface area (Å²) < 4.78 is 16.2. The van der Waals surface area contributed by atoms with Gasteiger partial charge in [0.15, 0.2) is 0 Å². The molecule has 2 heterocycles. The fourth-order valence-electron chi connectivity index (χ4n) is 6.88. The summed E-state index contributed by atoms with van der Waals surface area (Å²) in [6, 6.07) is 41.8. The van der Waals surface area contributed by atoms with Crippen LogP contribution in [0.25, 0.3) is 22.2 Å². The zero-order chi connectivity index (χ0) is 34.0. The summed E-state index contributed by atoms with van der Waals surface area (Å²) in [5.74, 6) is -0.918. The van der Waals surface area contributed by atoms with Gasteiger partial charge in [-0.2, -0.15) is 5.10 Å². The first-order valence-corrected chi connectivity index (χ1v) is 15.8. The molecule has 3 N–H and O–H groups in total. The van der Waals surface area contributed by atoms with E-state index in [-0.39, 0.29) is 25.3 Å². The van der Waals surface area contributed by atoms with E-state index >= 15 is 0 Å². The number of nitrogens with one attached hydrogen (secondary N) is 2. The lowest BCUT2D eigenvalue weighted by Gasteiger charge is -2.37. The average molecular weight is 654 g/mol. The summed E-state index contributed by atoms with van der Waals surface area (Å²) >= 11 is 0. The normalized spacial score (nSPS) is 16.0. The lowest BCUT2D eigenvalue weighted by molar-refractivity contribution is -0.125. The van der Waals surface area contributed by atoms with Gasteiger partial charge in [-0.05, 0) is 65.6 Å². The topological polar surface area (TPSA) is 117 Å². The summed E-state index contributed by atoms with van der Waals surface area (Å²) in [6.45, 7) is -0.0771. The molecule has 7 rings (SSSR count). The van der Waals surface area contributed by atoms with Gasteiger partial charge < -0.3 is 20.6 Å². The lowest BCUT2D eigenvalue weighted by Crippen LogP contribution is -2.56. The number of hydrogen-bond acceptors (Lipinski definition) is 4. The second-order valence-corrected chi connectivity index (χ2v) is 12.1. The van der Waals surface area contributed by atoms with Gasteiger partial charge >= 0.3 is 6.09 Å². The molecule has 6 aromatic rings. The third-order valence-corrected chi connectivity index (χ3v) is 9.26. The number of carbonyl (C=O) groups is 3. The first kappa shape index (κ1) is 31.3. The maximum Gasteiger partial charge on any atom is 0.407 e. The molecule has 1 atom stereocenters. The van der Waals surface area contributed by atoms with E-state index in [1.165, 1.54) is 12.1 Å². The van der Waals surface area contributed by atoms with Crippen molar-refractivity contribution in [1.82, 2.24) is 20.0 Å². The van der Waals surface area contributed by atoms with Crippen molar-refractivity contribution in [3.8, 4) is 11.3 Å². The van der Waals surface area contributed by atoms with E-state index in [2.05, 4.69) is 47.0 Å². The number of aromatic nitrogens is 2. The maximum atomic E-state index is 14.2. The molecule has 0 aliphatic carbocycles. The van der Waals surface area contributed by atoms with Crippen molar-refractivity contribution in [2.75, 3.05) is 18.4 Å². The number of carbonyl (C=O) groups excluding carboxylic acids is 2. The van der Waals surface area contributed by atoms with E-state index in [4.69, 9.17) is 5.10 Å². The van der Waals surface area contributed by atoms with Gasteiger partial charge in [-0.25, -0.2) is 13.9 Å². The highest BCUT2D eigenvalue weighted by Crippen LogP contribution is 2.44. The maximum absolute atomic E-state index is 14.2. The van der Waals surface area contributed by atoms with Crippen molar-refractivity contribution >= 4 is 35.0 Å². The molecule has 244 valence electrons. The number of hydrogen-bond donors (Lipinski definition) is 3. The highest BCUT2D eigenvalue weighted by molar-refractivity contribution is 6.03. The number of amides is 3. The Morgan fingerprint density at radius 3 is 1.90 bits per heavy atom. The van der Waals surface area contributed by atoms with Gasteiger partial charge in [0, 0.05) is 23.2 Å². The predicted molar refractivity (Wildman–Crippen MR) is 185 cm³/mol. The Balaban J connectivity index is 1.46. The van der Waals surface area contributed by atoms with Crippen LogP contribution in [0.4, 0.5) is 14.9 Å². The molecular weight excluding hydrogens is 621 g/mol. The molecule has 1 saturated heterocycles. The van der Waals surface area contributed by atoms with E-state index < -0.39 is 23.1 Å². The van der Waals surface area contributed by atoms with Crippen LogP contribution in [0.5, 0.6) is 0 Å². The molecule has 10 heteroatoms. The smallest absolute Gasteiger partial charge is 0.407 e. The van der Waals surface area contributed by atoms with Gasteiger partial charge in [0.1, 0.15) is 22.6 Å². The van der Waals surface area contributed by atoms with Gasteiger partial charge in [-0.1, -0.05) is 91.0 Å². The molecule has 5 aromatic carbocycles. The van der Waals surface area contributed by atoms with Gasteiger partial charge in [0.25, 0.3) is 5.91 Å². The van der Waals surface area contributed by atoms with E-state index in [0.717, 1.165) is 27.1 Å². The fourth-order valence-corrected chi connectivity index (χ4v) is 6.88. The Hall–Kier alpha value is -6.29. The Bertz CT molecular complexity index is 2040. The van der Waals surface area contributed by atoms with Crippen LogP contribution >= 0.6 is 0 Å². The SMILES string of the molecule is O=CNC1(C(=O)Nc2ccc3c(c2)c(-c2ccc(F)cc2)nn3C(c2ccccc2)(c2ccccc2)c2ccccc2)CCN(C(=O)O)C1. The minimum Gasteiger partial charge on any atom is -0.465 e. The highest BCUT2D eigenvalue weighted by Gasteiger charge is 2.46. The van der Waals surface area contributed by atoms with Gasteiger partial charge in [-0.15, -0.1) is 0 Å². The Kier molecular flexibility index (Phi) is 8.13. The largest absolute Gasteiger partial charge is 0.465 e. The molecule has 1 aromatic heterocycles. The number of anilines is 1. The van der Waals surface area contributed by atoms with Crippen molar-refractivity contribution in [3.05, 3.63) is 156 Å². The highest BCUT2D eigenvalue weighted by atomic mass is 19.1. The molecule has 1 aliphatic rings. The van der Waals surface area contributed by atoms with E-state index in [1.54, 1.807) is 24.3 Å². The third kappa shape index (κ3) is 5.46. The van der Waals surface area contributed by atoms with Crippen LogP contribution in [0.1, 0.15) is 23.1 Å². The first-order chi connectivity index (χ1) is 23.9. The van der Waals surface area contributed by atoms with E-state index in [9.17, 15) is 23.9 Å². The van der Waals surface area contributed by atoms with E-state index in [1.807, 2.05) is 65.3 Å². The standard InChI is InChI=1S/C39H32FN5O4/c40-31-18-16-27(17-19-31)35-33-24-32(42-36(47)38(41-26-46)22-23-44(25-38)37(48)49)20-21-34(33)45(43-35)39(28-10-4-1-5-11-28,29-12-6-2-7-13-29)30-14-8-3-9-15-30/h1-21,24,26H,22-23,25H2,(H,41,46)(H,42,47)(H,48,49). The number of likely N-dealkylation sites (tertiary alicyclic amines) is 1. The number of nitrogens with zero attached hydrogens (tertiary/aromatic N) is 3. The number of rotatable bonds is 9. The second-order valence-electron chi connectivity index (χ2n) is 12.1. The van der Waals surface area contributed by atoms with Crippen molar-refractivity contribution in [2.45, 2.75) is 17.5 Å². The molecule has 0 bridgehead atoms. The summed E-state index contributed by atoms with van der Waals surface area (Å²) in [4.78, 5) is 38.0. The first-order valence-electron chi connectivity index (χ1n) is 15.8. The molecule has 9 nitrogen and oxygen atoms in total. The van der Waals surface area contributed by atoms with Crippen LogP contribution in [-0.2, 0) is 15.1 Å². The number of carboxylic acid groups (broad SMARTS) is 1. The van der Waals surface area contributed by atoms with Crippen LogP contribution in [-0.4, -0.2) is 56.8 Å². The molecule has 0 radical (unpaired) electrons. The molecule has 1 fully saturated rings. The second kappa shape index (κ2) is 12.7.